The predicted octanol–water partition coefficient (Wildman–Crippen LogP) is 4.40. The second-order valence-electron chi connectivity index (χ2n) is 6.01. The molecule has 24 heavy (non-hydrogen) atoms. The molecule has 0 heterocycles. The lowest BCUT2D eigenvalue weighted by Crippen LogP contribution is -2.12. The van der Waals surface area contributed by atoms with Crippen molar-refractivity contribution in [2.24, 2.45) is 0 Å². The van der Waals surface area contributed by atoms with Crippen LogP contribution in [0.15, 0.2) is 42.5 Å². The average molecular weight is 327 g/mol. The van der Waals surface area contributed by atoms with E-state index < -0.39 is 0 Å². The van der Waals surface area contributed by atoms with Gasteiger partial charge in [0.05, 0.1) is 14.2 Å². The number of amides is 1. The number of rotatable bonds is 7. The molecule has 1 N–H and O–H groups in total. The van der Waals surface area contributed by atoms with Crippen LogP contribution in [-0.4, -0.2) is 20.1 Å². The van der Waals surface area contributed by atoms with Gasteiger partial charge in [0.2, 0.25) is 5.91 Å². The quantitative estimate of drug-likeness (QED) is 0.820. The average Bonchev–Trinajstić information content (AvgIpc) is 2.60. The van der Waals surface area contributed by atoms with Gasteiger partial charge >= 0.3 is 0 Å². The van der Waals surface area contributed by atoms with Gasteiger partial charge in [-0.2, -0.15) is 0 Å². The van der Waals surface area contributed by atoms with E-state index in [2.05, 4.69) is 43.4 Å². The molecule has 0 aliphatic rings. The molecule has 128 valence electrons. The molecule has 0 radical (unpaired) electrons. The zero-order valence-electron chi connectivity index (χ0n) is 14.8. The number of carbonyl (C=O) groups excluding carboxylic acids is 1. The normalized spacial score (nSPS) is 10.5. The number of ether oxygens (including phenoxy) is 2. The Bertz CT molecular complexity index is 678. The summed E-state index contributed by atoms with van der Waals surface area (Å²) in [4.78, 5) is 12.1. The highest BCUT2D eigenvalue weighted by Crippen LogP contribution is 2.29. The van der Waals surface area contributed by atoms with Crippen LogP contribution in [0, 0.1) is 0 Å². The van der Waals surface area contributed by atoms with Crippen molar-refractivity contribution in [2.45, 2.75) is 32.6 Å². The lowest BCUT2D eigenvalue weighted by molar-refractivity contribution is -0.116. The summed E-state index contributed by atoms with van der Waals surface area (Å²) in [5.74, 6) is 1.74. The van der Waals surface area contributed by atoms with Gasteiger partial charge in [-0.25, -0.2) is 0 Å². The zero-order chi connectivity index (χ0) is 17.5. The van der Waals surface area contributed by atoms with E-state index in [1.165, 1.54) is 11.1 Å². The van der Waals surface area contributed by atoms with Crippen LogP contribution in [0.3, 0.4) is 0 Å². The second-order valence-corrected chi connectivity index (χ2v) is 6.01. The van der Waals surface area contributed by atoms with E-state index in [9.17, 15) is 4.79 Å². The molecule has 0 fully saturated rings. The maximum absolute atomic E-state index is 12.1. The van der Waals surface area contributed by atoms with Gasteiger partial charge in [-0.3, -0.25) is 4.79 Å². The van der Waals surface area contributed by atoms with E-state index >= 15 is 0 Å². The lowest BCUT2D eigenvalue weighted by atomic mass is 10.0. The van der Waals surface area contributed by atoms with Crippen molar-refractivity contribution >= 4 is 11.6 Å². The van der Waals surface area contributed by atoms with Crippen LogP contribution in [0.5, 0.6) is 11.5 Å². The van der Waals surface area contributed by atoms with Crippen molar-refractivity contribution in [3.8, 4) is 11.5 Å². The number of aryl methyl sites for hydroxylation is 1. The van der Waals surface area contributed by atoms with Gasteiger partial charge in [-0.05, 0) is 35.6 Å². The highest BCUT2D eigenvalue weighted by atomic mass is 16.5. The lowest BCUT2D eigenvalue weighted by Gasteiger charge is -2.11. The zero-order valence-corrected chi connectivity index (χ0v) is 14.8. The van der Waals surface area contributed by atoms with Gasteiger partial charge in [-0.1, -0.05) is 38.1 Å². The fourth-order valence-electron chi connectivity index (χ4n) is 2.46. The first kappa shape index (κ1) is 17.9. The highest BCUT2D eigenvalue weighted by molar-refractivity contribution is 5.91. The van der Waals surface area contributed by atoms with Gasteiger partial charge < -0.3 is 14.8 Å². The van der Waals surface area contributed by atoms with Crippen molar-refractivity contribution in [3.05, 3.63) is 53.6 Å². The monoisotopic (exact) mass is 327 g/mol. The van der Waals surface area contributed by atoms with Gasteiger partial charge in [0.1, 0.15) is 0 Å². The van der Waals surface area contributed by atoms with Gasteiger partial charge in [-0.15, -0.1) is 0 Å². The Kier molecular flexibility index (Phi) is 6.24. The van der Waals surface area contributed by atoms with Crippen LogP contribution < -0.4 is 14.8 Å². The summed E-state index contributed by atoms with van der Waals surface area (Å²) in [5.41, 5.74) is 3.18. The maximum atomic E-state index is 12.1. The molecule has 0 atom stereocenters. The highest BCUT2D eigenvalue weighted by Gasteiger charge is 2.08. The van der Waals surface area contributed by atoms with Crippen LogP contribution in [-0.2, 0) is 11.2 Å². The van der Waals surface area contributed by atoms with Crippen LogP contribution in [0.2, 0.25) is 0 Å². The number of anilines is 1. The fourth-order valence-corrected chi connectivity index (χ4v) is 2.46. The summed E-state index contributed by atoms with van der Waals surface area (Å²) in [6, 6.07) is 13.8. The van der Waals surface area contributed by atoms with Gasteiger partial charge in [0.25, 0.3) is 0 Å². The van der Waals surface area contributed by atoms with E-state index in [0.29, 0.717) is 29.5 Å². The molecular weight excluding hydrogens is 302 g/mol. The first-order valence-electron chi connectivity index (χ1n) is 8.14. The minimum absolute atomic E-state index is 0.0184. The van der Waals surface area contributed by atoms with Gasteiger partial charge in [0, 0.05) is 18.2 Å². The van der Waals surface area contributed by atoms with Crippen LogP contribution >= 0.6 is 0 Å². The predicted molar refractivity (Wildman–Crippen MR) is 97.0 cm³/mol. The van der Waals surface area contributed by atoms with E-state index in [1.807, 2.05) is 0 Å². The number of hydrogen-bond donors (Lipinski definition) is 1. The Hall–Kier alpha value is -2.49. The number of benzene rings is 2. The summed E-state index contributed by atoms with van der Waals surface area (Å²) in [7, 11) is 3.16. The molecule has 2 aromatic rings. The third kappa shape index (κ3) is 4.75. The van der Waals surface area contributed by atoms with E-state index in [4.69, 9.17) is 9.47 Å². The molecule has 0 aromatic heterocycles. The van der Waals surface area contributed by atoms with Crippen molar-refractivity contribution in [2.75, 3.05) is 19.5 Å². The van der Waals surface area contributed by atoms with Crippen molar-refractivity contribution in [3.63, 3.8) is 0 Å². The Morgan fingerprint density at radius 1 is 1.00 bits per heavy atom. The summed E-state index contributed by atoms with van der Waals surface area (Å²) in [6.45, 7) is 4.34. The number of methoxy groups -OCH3 is 2. The van der Waals surface area contributed by atoms with Gasteiger partial charge in [0.15, 0.2) is 11.5 Å². The molecule has 0 aliphatic heterocycles. The van der Waals surface area contributed by atoms with Crippen LogP contribution in [0.1, 0.15) is 37.3 Å². The molecular formula is C20H25NO3. The summed E-state index contributed by atoms with van der Waals surface area (Å²) < 4.78 is 10.4. The smallest absolute Gasteiger partial charge is 0.224 e. The Labute approximate surface area is 143 Å². The van der Waals surface area contributed by atoms with Crippen LogP contribution in [0.4, 0.5) is 5.69 Å². The van der Waals surface area contributed by atoms with Crippen LogP contribution in [0.25, 0.3) is 0 Å². The molecule has 0 saturated heterocycles. The molecule has 0 spiro atoms. The van der Waals surface area contributed by atoms with Crippen molar-refractivity contribution in [1.82, 2.24) is 0 Å². The summed E-state index contributed by atoms with van der Waals surface area (Å²) >= 11 is 0. The Morgan fingerprint density at radius 3 is 2.25 bits per heavy atom. The number of carbonyl (C=O) groups is 1. The molecule has 0 saturated carbocycles. The summed E-state index contributed by atoms with van der Waals surface area (Å²) in [6.07, 6.45) is 1.16. The standard InChI is InChI=1S/C20H25NO3/c1-14(2)16-8-5-15(6-9-16)7-12-20(22)21-17-10-11-18(23-3)19(13-17)24-4/h5-6,8-11,13-14H,7,12H2,1-4H3,(H,21,22). The third-order valence-electron chi connectivity index (χ3n) is 3.95. The Morgan fingerprint density at radius 2 is 1.67 bits per heavy atom. The molecule has 4 heteroatoms. The minimum atomic E-state index is -0.0184. The fraction of sp³-hybridized carbons (Fsp3) is 0.350. The Balaban J connectivity index is 1.91. The molecule has 2 rings (SSSR count). The van der Waals surface area contributed by atoms with E-state index in [0.717, 1.165) is 6.42 Å². The molecule has 1 amide bonds. The molecule has 4 nitrogen and oxygen atoms in total. The SMILES string of the molecule is COc1ccc(NC(=O)CCc2ccc(C(C)C)cc2)cc1OC. The molecule has 0 bridgehead atoms. The third-order valence-corrected chi connectivity index (χ3v) is 3.95. The van der Waals surface area contributed by atoms with E-state index in [1.54, 1.807) is 32.4 Å². The van der Waals surface area contributed by atoms with Crippen molar-refractivity contribution in [1.29, 1.82) is 0 Å². The largest absolute Gasteiger partial charge is 0.493 e. The minimum Gasteiger partial charge on any atom is -0.493 e. The van der Waals surface area contributed by atoms with Crippen molar-refractivity contribution < 1.29 is 14.3 Å². The second kappa shape index (κ2) is 8.39. The summed E-state index contributed by atoms with van der Waals surface area (Å²) in [5, 5.41) is 2.89. The number of hydrogen-bond acceptors (Lipinski definition) is 3. The number of nitrogens with one attached hydrogen (secondary N) is 1. The molecule has 2 aromatic carbocycles. The maximum Gasteiger partial charge on any atom is 0.224 e. The molecule has 0 aliphatic carbocycles. The van der Waals surface area contributed by atoms with E-state index in [-0.39, 0.29) is 5.91 Å². The first-order valence-corrected chi connectivity index (χ1v) is 8.14. The molecule has 0 unspecified atom stereocenters. The first-order chi connectivity index (χ1) is 11.5. The topological polar surface area (TPSA) is 47.6 Å².